The fraction of sp³-hybridized carbons (Fsp3) is 0.875. The predicted octanol–water partition coefficient (Wildman–Crippen LogP) is -0.798. The number of hydrogen-bond donors (Lipinski definition) is 3. The molecule has 3 N–H and O–H groups in total. The van der Waals surface area contributed by atoms with Gasteiger partial charge >= 0.3 is 5.97 Å². The van der Waals surface area contributed by atoms with Crippen LogP contribution in [0.2, 0.25) is 0 Å². The molecule has 1 rings (SSSR count). The fourth-order valence-corrected chi connectivity index (χ4v) is 1.48. The van der Waals surface area contributed by atoms with Crippen molar-refractivity contribution in [2.75, 3.05) is 26.4 Å². The number of carboxylic acid groups (broad SMARTS) is 1. The smallest absolute Gasteiger partial charge is 0.324 e. The van der Waals surface area contributed by atoms with E-state index < -0.39 is 11.5 Å². The van der Waals surface area contributed by atoms with Crippen LogP contribution in [0.15, 0.2) is 0 Å². The van der Waals surface area contributed by atoms with Gasteiger partial charge < -0.3 is 14.9 Å². The van der Waals surface area contributed by atoms with Crippen molar-refractivity contribution in [2.24, 2.45) is 0 Å². The van der Waals surface area contributed by atoms with Crippen LogP contribution in [0.25, 0.3) is 0 Å². The maximum atomic E-state index is 11.0. The van der Waals surface area contributed by atoms with Crippen LogP contribution in [0.3, 0.4) is 0 Å². The largest absolute Gasteiger partial charge is 0.480 e. The molecule has 0 unspecified atom stereocenters. The van der Waals surface area contributed by atoms with E-state index in [1.54, 1.807) is 0 Å². The molecule has 0 bridgehead atoms. The molecule has 5 nitrogen and oxygen atoms in total. The van der Waals surface area contributed by atoms with E-state index in [4.69, 9.17) is 14.9 Å². The van der Waals surface area contributed by atoms with Crippen LogP contribution in [-0.4, -0.2) is 48.1 Å². The number of aliphatic hydroxyl groups excluding tert-OH is 1. The van der Waals surface area contributed by atoms with Crippen LogP contribution < -0.4 is 5.32 Å². The molecule has 13 heavy (non-hydrogen) atoms. The Balaban J connectivity index is 2.56. The van der Waals surface area contributed by atoms with Gasteiger partial charge in [-0.2, -0.15) is 0 Å². The van der Waals surface area contributed by atoms with Gasteiger partial charge in [0.25, 0.3) is 0 Å². The van der Waals surface area contributed by atoms with Crippen molar-refractivity contribution < 1.29 is 19.7 Å². The van der Waals surface area contributed by atoms with Gasteiger partial charge in [-0.05, 0) is 12.8 Å². The van der Waals surface area contributed by atoms with E-state index >= 15 is 0 Å². The summed E-state index contributed by atoms with van der Waals surface area (Å²) in [6.45, 7) is 1.19. The van der Waals surface area contributed by atoms with E-state index in [9.17, 15) is 4.79 Å². The van der Waals surface area contributed by atoms with Gasteiger partial charge in [0, 0.05) is 19.8 Å². The molecule has 0 amide bonds. The first-order valence-electron chi connectivity index (χ1n) is 4.38. The summed E-state index contributed by atoms with van der Waals surface area (Å²) < 4.78 is 5.09. The number of β-amino-alcohol motifs (C(OH)–C–C–N with tert-alkyl or cyclic N) is 1. The summed E-state index contributed by atoms with van der Waals surface area (Å²) in [5.74, 6) is -0.857. The number of rotatable bonds is 4. The van der Waals surface area contributed by atoms with E-state index in [0.717, 1.165) is 0 Å². The number of ether oxygens (including phenoxy) is 1. The van der Waals surface area contributed by atoms with Gasteiger partial charge in [-0.3, -0.25) is 10.1 Å². The minimum Gasteiger partial charge on any atom is -0.480 e. The molecule has 0 atom stereocenters. The summed E-state index contributed by atoms with van der Waals surface area (Å²) in [6.07, 6.45) is 0.921. The van der Waals surface area contributed by atoms with Gasteiger partial charge in [-0.1, -0.05) is 0 Å². The number of aliphatic hydroxyl groups is 1. The van der Waals surface area contributed by atoms with Crippen molar-refractivity contribution in [2.45, 2.75) is 18.4 Å². The minimum atomic E-state index is -0.888. The Morgan fingerprint density at radius 2 is 2.08 bits per heavy atom. The van der Waals surface area contributed by atoms with E-state index in [2.05, 4.69) is 5.32 Å². The highest BCUT2D eigenvalue weighted by atomic mass is 16.5. The molecule has 1 aliphatic rings. The van der Waals surface area contributed by atoms with Crippen LogP contribution in [0.5, 0.6) is 0 Å². The van der Waals surface area contributed by atoms with Gasteiger partial charge in [0.15, 0.2) is 0 Å². The summed E-state index contributed by atoms with van der Waals surface area (Å²) in [4.78, 5) is 11.0. The minimum absolute atomic E-state index is 0.0457. The van der Waals surface area contributed by atoms with Crippen molar-refractivity contribution in [3.8, 4) is 0 Å². The van der Waals surface area contributed by atoms with Crippen molar-refractivity contribution in [3.05, 3.63) is 0 Å². The lowest BCUT2D eigenvalue weighted by atomic mass is 9.90. The Hall–Kier alpha value is -0.650. The quantitative estimate of drug-likeness (QED) is 0.539. The molecule has 0 spiro atoms. The Kier molecular flexibility index (Phi) is 3.65. The molecule has 1 saturated heterocycles. The number of nitrogens with one attached hydrogen (secondary N) is 1. The Morgan fingerprint density at radius 3 is 2.54 bits per heavy atom. The molecule has 0 saturated carbocycles. The monoisotopic (exact) mass is 189 g/mol. The van der Waals surface area contributed by atoms with E-state index in [1.807, 2.05) is 0 Å². The molecule has 0 aromatic heterocycles. The average molecular weight is 189 g/mol. The highest BCUT2D eigenvalue weighted by Gasteiger charge is 2.39. The van der Waals surface area contributed by atoms with Crippen molar-refractivity contribution in [3.63, 3.8) is 0 Å². The molecular formula is C8H15NO4. The van der Waals surface area contributed by atoms with Gasteiger partial charge in [0.2, 0.25) is 0 Å². The predicted molar refractivity (Wildman–Crippen MR) is 45.5 cm³/mol. The number of carbonyl (C=O) groups is 1. The maximum Gasteiger partial charge on any atom is 0.324 e. The zero-order valence-corrected chi connectivity index (χ0v) is 7.45. The van der Waals surface area contributed by atoms with Gasteiger partial charge in [0.05, 0.1) is 6.61 Å². The number of hydrogen-bond acceptors (Lipinski definition) is 4. The molecule has 76 valence electrons. The number of carboxylic acids is 1. The summed E-state index contributed by atoms with van der Waals surface area (Å²) in [7, 11) is 0. The molecule has 1 aliphatic heterocycles. The Morgan fingerprint density at radius 1 is 1.46 bits per heavy atom. The molecule has 0 radical (unpaired) electrons. The summed E-state index contributed by atoms with van der Waals surface area (Å²) >= 11 is 0. The van der Waals surface area contributed by atoms with Crippen LogP contribution in [0.1, 0.15) is 12.8 Å². The first-order chi connectivity index (χ1) is 6.21. The van der Waals surface area contributed by atoms with E-state index in [1.165, 1.54) is 0 Å². The van der Waals surface area contributed by atoms with Crippen LogP contribution in [0, 0.1) is 0 Å². The zero-order valence-electron chi connectivity index (χ0n) is 7.45. The van der Waals surface area contributed by atoms with E-state index in [0.29, 0.717) is 32.6 Å². The topological polar surface area (TPSA) is 78.8 Å². The van der Waals surface area contributed by atoms with Gasteiger partial charge in [-0.25, -0.2) is 0 Å². The maximum absolute atomic E-state index is 11.0. The van der Waals surface area contributed by atoms with E-state index in [-0.39, 0.29) is 6.61 Å². The highest BCUT2D eigenvalue weighted by Crippen LogP contribution is 2.20. The van der Waals surface area contributed by atoms with Crippen molar-refractivity contribution >= 4 is 5.97 Å². The lowest BCUT2D eigenvalue weighted by Crippen LogP contribution is -2.56. The fourth-order valence-electron chi connectivity index (χ4n) is 1.48. The third-order valence-electron chi connectivity index (χ3n) is 2.33. The SMILES string of the molecule is O=C(O)C1(NCCO)CCOCC1. The first kappa shape index (κ1) is 10.4. The summed E-state index contributed by atoms with van der Waals surface area (Å²) in [6, 6.07) is 0. The normalized spacial score (nSPS) is 21.3. The molecule has 0 aliphatic carbocycles. The lowest BCUT2D eigenvalue weighted by Gasteiger charge is -2.33. The lowest BCUT2D eigenvalue weighted by molar-refractivity contribution is -0.149. The molecule has 5 heteroatoms. The zero-order chi connectivity index (χ0) is 9.73. The highest BCUT2D eigenvalue weighted by molar-refractivity contribution is 5.78. The molecular weight excluding hydrogens is 174 g/mol. The third kappa shape index (κ3) is 2.40. The Labute approximate surface area is 76.7 Å². The van der Waals surface area contributed by atoms with Crippen LogP contribution in [-0.2, 0) is 9.53 Å². The van der Waals surface area contributed by atoms with Gasteiger partial charge in [0.1, 0.15) is 5.54 Å². The third-order valence-corrected chi connectivity index (χ3v) is 2.33. The standard InChI is InChI=1S/C8H15NO4/c10-4-3-9-8(7(11)12)1-5-13-6-2-8/h9-10H,1-6H2,(H,11,12). The summed E-state index contributed by atoms with van der Waals surface area (Å²) in [5, 5.41) is 20.5. The average Bonchev–Trinajstić information content (AvgIpc) is 2.16. The van der Waals surface area contributed by atoms with Crippen molar-refractivity contribution in [1.29, 1.82) is 0 Å². The Bertz CT molecular complexity index is 177. The first-order valence-corrected chi connectivity index (χ1v) is 4.38. The van der Waals surface area contributed by atoms with Crippen LogP contribution in [0.4, 0.5) is 0 Å². The second-order valence-electron chi connectivity index (χ2n) is 3.15. The van der Waals surface area contributed by atoms with Crippen molar-refractivity contribution in [1.82, 2.24) is 5.32 Å². The molecule has 0 aromatic rings. The second kappa shape index (κ2) is 4.55. The second-order valence-corrected chi connectivity index (χ2v) is 3.15. The van der Waals surface area contributed by atoms with Gasteiger partial charge in [-0.15, -0.1) is 0 Å². The summed E-state index contributed by atoms with van der Waals surface area (Å²) in [5.41, 5.74) is -0.888. The van der Waals surface area contributed by atoms with Crippen LogP contribution >= 0.6 is 0 Å². The molecule has 1 heterocycles. The molecule has 0 aromatic carbocycles. The molecule has 1 fully saturated rings. The number of aliphatic carboxylic acids is 1.